The molecular formula is C14H26N2O2. The smallest absolute Gasteiger partial charge is 0.230 e. The highest BCUT2D eigenvalue weighted by molar-refractivity contribution is 5.83. The number of nitrogens with one attached hydrogen (secondary N) is 1. The number of ether oxygens (including phenoxy) is 1. The van der Waals surface area contributed by atoms with Gasteiger partial charge in [-0.25, -0.2) is 0 Å². The highest BCUT2D eigenvalue weighted by Crippen LogP contribution is 2.33. The maximum absolute atomic E-state index is 12.7. The Morgan fingerprint density at radius 2 is 2.06 bits per heavy atom. The Hall–Kier alpha value is -0.610. The molecule has 104 valence electrons. The Morgan fingerprint density at radius 3 is 2.56 bits per heavy atom. The molecule has 1 aliphatic carbocycles. The predicted molar refractivity (Wildman–Crippen MR) is 71.4 cm³/mol. The molecule has 0 aromatic carbocycles. The second-order valence-corrected chi connectivity index (χ2v) is 5.95. The van der Waals surface area contributed by atoms with Gasteiger partial charge in [0.05, 0.1) is 12.0 Å². The molecule has 0 unspecified atom stereocenters. The molecule has 4 nitrogen and oxygen atoms in total. The van der Waals surface area contributed by atoms with Gasteiger partial charge in [0, 0.05) is 20.7 Å². The molecular weight excluding hydrogens is 228 g/mol. The number of methoxy groups -OCH3 is 1. The van der Waals surface area contributed by atoms with E-state index in [1.165, 1.54) is 19.3 Å². The summed E-state index contributed by atoms with van der Waals surface area (Å²) in [6.07, 6.45) is 5.70. The Kier molecular flexibility index (Phi) is 4.62. The van der Waals surface area contributed by atoms with E-state index in [4.69, 9.17) is 4.74 Å². The molecule has 0 spiro atoms. The van der Waals surface area contributed by atoms with Gasteiger partial charge in [0.25, 0.3) is 0 Å². The number of hydrogen-bond donors (Lipinski definition) is 1. The molecule has 1 heterocycles. The van der Waals surface area contributed by atoms with Crippen LogP contribution in [0.2, 0.25) is 0 Å². The third kappa shape index (κ3) is 2.86. The van der Waals surface area contributed by atoms with Crippen LogP contribution in [0.25, 0.3) is 0 Å². The van der Waals surface area contributed by atoms with Gasteiger partial charge in [-0.15, -0.1) is 0 Å². The first kappa shape index (κ1) is 13.8. The Balaban J connectivity index is 1.97. The van der Waals surface area contributed by atoms with Crippen molar-refractivity contribution in [1.82, 2.24) is 10.2 Å². The molecule has 2 fully saturated rings. The molecule has 1 amide bonds. The van der Waals surface area contributed by atoms with Crippen molar-refractivity contribution in [2.45, 2.75) is 32.1 Å². The van der Waals surface area contributed by atoms with Crippen LogP contribution in [0.3, 0.4) is 0 Å². The van der Waals surface area contributed by atoms with Gasteiger partial charge in [0.1, 0.15) is 0 Å². The van der Waals surface area contributed by atoms with E-state index in [-0.39, 0.29) is 11.3 Å². The zero-order valence-corrected chi connectivity index (χ0v) is 11.7. The van der Waals surface area contributed by atoms with Crippen LogP contribution in [-0.2, 0) is 9.53 Å². The van der Waals surface area contributed by atoms with Crippen molar-refractivity contribution >= 4 is 5.91 Å². The molecule has 0 aromatic heterocycles. The van der Waals surface area contributed by atoms with Gasteiger partial charge in [-0.1, -0.05) is 6.42 Å². The minimum absolute atomic E-state index is 0.279. The van der Waals surface area contributed by atoms with Crippen molar-refractivity contribution in [3.8, 4) is 0 Å². The summed E-state index contributed by atoms with van der Waals surface area (Å²) < 4.78 is 5.33. The van der Waals surface area contributed by atoms with Crippen LogP contribution >= 0.6 is 0 Å². The maximum atomic E-state index is 12.7. The Morgan fingerprint density at radius 1 is 1.39 bits per heavy atom. The van der Waals surface area contributed by atoms with Crippen LogP contribution in [0.5, 0.6) is 0 Å². The molecule has 4 heteroatoms. The molecule has 1 saturated heterocycles. The maximum Gasteiger partial charge on any atom is 0.230 e. The fourth-order valence-electron chi connectivity index (χ4n) is 3.15. The number of amides is 1. The van der Waals surface area contributed by atoms with Crippen molar-refractivity contribution in [3.63, 3.8) is 0 Å². The molecule has 0 radical (unpaired) electrons. The number of carbonyl (C=O) groups excluding carboxylic acids is 1. The number of hydrogen-bond acceptors (Lipinski definition) is 3. The normalized spacial score (nSPS) is 23.4. The molecule has 1 N–H and O–H groups in total. The number of nitrogens with zero attached hydrogens (tertiary/aromatic N) is 1. The average molecular weight is 254 g/mol. The minimum atomic E-state index is -0.279. The summed E-state index contributed by atoms with van der Waals surface area (Å²) in [5.41, 5.74) is -0.279. The second kappa shape index (κ2) is 6.02. The van der Waals surface area contributed by atoms with E-state index >= 15 is 0 Å². The van der Waals surface area contributed by atoms with E-state index in [1.54, 1.807) is 7.11 Å². The van der Waals surface area contributed by atoms with Gasteiger partial charge in [-0.3, -0.25) is 4.79 Å². The lowest BCUT2D eigenvalue weighted by atomic mass is 9.77. The highest BCUT2D eigenvalue weighted by atomic mass is 16.5. The monoisotopic (exact) mass is 254 g/mol. The first-order valence-corrected chi connectivity index (χ1v) is 7.13. The van der Waals surface area contributed by atoms with Crippen LogP contribution in [0.15, 0.2) is 0 Å². The van der Waals surface area contributed by atoms with E-state index in [0.29, 0.717) is 6.61 Å². The predicted octanol–water partition coefficient (Wildman–Crippen LogP) is 1.26. The van der Waals surface area contributed by atoms with Gasteiger partial charge in [0.15, 0.2) is 0 Å². The lowest BCUT2D eigenvalue weighted by molar-refractivity contribution is -0.147. The zero-order valence-electron chi connectivity index (χ0n) is 11.7. The number of rotatable bonds is 5. The second-order valence-electron chi connectivity index (χ2n) is 5.95. The van der Waals surface area contributed by atoms with Gasteiger partial charge < -0.3 is 15.0 Å². The van der Waals surface area contributed by atoms with Gasteiger partial charge in [-0.2, -0.15) is 0 Å². The highest BCUT2D eigenvalue weighted by Gasteiger charge is 2.41. The largest absolute Gasteiger partial charge is 0.384 e. The molecule has 0 aromatic rings. The van der Waals surface area contributed by atoms with E-state index < -0.39 is 0 Å². The minimum Gasteiger partial charge on any atom is -0.384 e. The van der Waals surface area contributed by atoms with Crippen molar-refractivity contribution in [2.75, 3.05) is 40.4 Å². The quantitative estimate of drug-likeness (QED) is 0.803. The topological polar surface area (TPSA) is 41.6 Å². The van der Waals surface area contributed by atoms with Gasteiger partial charge in [0.2, 0.25) is 5.91 Å². The first-order valence-electron chi connectivity index (χ1n) is 7.13. The van der Waals surface area contributed by atoms with Crippen molar-refractivity contribution in [3.05, 3.63) is 0 Å². The van der Waals surface area contributed by atoms with Crippen molar-refractivity contribution < 1.29 is 9.53 Å². The standard InChI is InChI=1S/C14H26N2O2/c1-16(10-12-4-3-5-12)13(17)14(11-18-2)6-8-15-9-7-14/h12,15H,3-11H2,1-2H3. The summed E-state index contributed by atoms with van der Waals surface area (Å²) in [4.78, 5) is 14.7. The van der Waals surface area contributed by atoms with Crippen molar-refractivity contribution in [2.24, 2.45) is 11.3 Å². The lowest BCUT2D eigenvalue weighted by Gasteiger charge is -2.40. The van der Waals surface area contributed by atoms with E-state index in [0.717, 1.165) is 38.4 Å². The van der Waals surface area contributed by atoms with Crippen LogP contribution in [-0.4, -0.2) is 51.2 Å². The zero-order chi connectivity index (χ0) is 13.0. The summed E-state index contributed by atoms with van der Waals surface area (Å²) in [5.74, 6) is 1.03. The van der Waals surface area contributed by atoms with E-state index in [2.05, 4.69) is 5.32 Å². The number of piperidine rings is 1. The summed E-state index contributed by atoms with van der Waals surface area (Å²) in [5, 5.41) is 3.33. The SMILES string of the molecule is COCC1(C(=O)N(C)CC2CCC2)CCNCC1. The van der Waals surface area contributed by atoms with Crippen LogP contribution < -0.4 is 5.32 Å². The van der Waals surface area contributed by atoms with E-state index in [9.17, 15) is 4.79 Å². The summed E-state index contributed by atoms with van der Waals surface area (Å²) in [6, 6.07) is 0. The molecule has 0 bridgehead atoms. The van der Waals surface area contributed by atoms with Crippen LogP contribution in [0, 0.1) is 11.3 Å². The molecule has 2 aliphatic rings. The third-order valence-electron chi connectivity index (χ3n) is 4.54. The lowest BCUT2D eigenvalue weighted by Crippen LogP contribution is -2.51. The molecule has 1 saturated carbocycles. The summed E-state index contributed by atoms with van der Waals surface area (Å²) in [6.45, 7) is 3.33. The Labute approximate surface area is 110 Å². The van der Waals surface area contributed by atoms with Gasteiger partial charge >= 0.3 is 0 Å². The molecule has 18 heavy (non-hydrogen) atoms. The molecule has 0 atom stereocenters. The van der Waals surface area contributed by atoms with Crippen LogP contribution in [0.1, 0.15) is 32.1 Å². The third-order valence-corrected chi connectivity index (χ3v) is 4.54. The molecule has 1 aliphatic heterocycles. The van der Waals surface area contributed by atoms with Crippen molar-refractivity contribution in [1.29, 1.82) is 0 Å². The summed E-state index contributed by atoms with van der Waals surface area (Å²) in [7, 11) is 3.66. The average Bonchev–Trinajstić information content (AvgIpc) is 2.34. The molecule has 2 rings (SSSR count). The summed E-state index contributed by atoms with van der Waals surface area (Å²) >= 11 is 0. The van der Waals surface area contributed by atoms with Crippen LogP contribution in [0.4, 0.5) is 0 Å². The first-order chi connectivity index (χ1) is 8.68. The van der Waals surface area contributed by atoms with Gasteiger partial charge in [-0.05, 0) is 44.7 Å². The fourth-order valence-corrected chi connectivity index (χ4v) is 3.15. The van der Waals surface area contributed by atoms with E-state index in [1.807, 2.05) is 11.9 Å². The number of carbonyl (C=O) groups is 1. The Bertz CT molecular complexity index is 278. The fraction of sp³-hybridized carbons (Fsp3) is 0.929.